The third kappa shape index (κ3) is 3.54. The van der Waals surface area contributed by atoms with Crippen molar-refractivity contribution in [2.45, 2.75) is 37.1 Å². The number of carbonyl (C=O) groups excluding carboxylic acids is 1. The molecule has 2 atom stereocenters. The summed E-state index contributed by atoms with van der Waals surface area (Å²) in [6.07, 6.45) is 2.93. The summed E-state index contributed by atoms with van der Waals surface area (Å²) in [6.45, 7) is 2.08. The predicted molar refractivity (Wildman–Crippen MR) is 79.3 cm³/mol. The summed E-state index contributed by atoms with van der Waals surface area (Å²) < 4.78 is 31.8. The molecule has 6 nitrogen and oxygen atoms in total. The first-order chi connectivity index (χ1) is 9.89. The standard InChI is InChI=1S/C14H20N2O4S/c1-3-4-9-8-12(9)16-21(18,19)13-6-5-10(7-11(13)15)14(17)20-2/h5-7,9,12,16H,3-4,8,15H2,1-2H3. The molecule has 1 aromatic rings. The largest absolute Gasteiger partial charge is 0.465 e. The topological polar surface area (TPSA) is 98.5 Å². The van der Waals surface area contributed by atoms with Crippen LogP contribution in [0.1, 0.15) is 36.5 Å². The fourth-order valence-electron chi connectivity index (χ4n) is 2.38. The van der Waals surface area contributed by atoms with Crippen LogP contribution in [0.4, 0.5) is 5.69 Å². The fourth-order valence-corrected chi connectivity index (χ4v) is 3.81. The Morgan fingerprint density at radius 1 is 1.48 bits per heavy atom. The highest BCUT2D eigenvalue weighted by Crippen LogP contribution is 2.36. The minimum absolute atomic E-state index is 0.00250. The average Bonchev–Trinajstić information content (AvgIpc) is 3.14. The van der Waals surface area contributed by atoms with Gasteiger partial charge < -0.3 is 10.5 Å². The van der Waals surface area contributed by atoms with Gasteiger partial charge in [0.15, 0.2) is 0 Å². The van der Waals surface area contributed by atoms with Gasteiger partial charge in [0, 0.05) is 6.04 Å². The van der Waals surface area contributed by atoms with Crippen LogP contribution >= 0.6 is 0 Å². The van der Waals surface area contributed by atoms with Gasteiger partial charge in [0.05, 0.1) is 18.4 Å². The van der Waals surface area contributed by atoms with Gasteiger partial charge in [0.25, 0.3) is 0 Å². The van der Waals surface area contributed by atoms with Gasteiger partial charge >= 0.3 is 5.97 Å². The number of nitrogen functional groups attached to an aromatic ring is 1. The lowest BCUT2D eigenvalue weighted by molar-refractivity contribution is 0.0600. The van der Waals surface area contributed by atoms with Crippen molar-refractivity contribution in [3.63, 3.8) is 0 Å². The monoisotopic (exact) mass is 312 g/mol. The first-order valence-electron chi connectivity index (χ1n) is 6.89. The number of nitrogens with two attached hydrogens (primary N) is 1. The number of anilines is 1. The van der Waals surface area contributed by atoms with Crippen LogP contribution in [0.2, 0.25) is 0 Å². The van der Waals surface area contributed by atoms with Crippen LogP contribution in [0.5, 0.6) is 0 Å². The summed E-state index contributed by atoms with van der Waals surface area (Å²) >= 11 is 0. The van der Waals surface area contributed by atoms with E-state index in [9.17, 15) is 13.2 Å². The number of ether oxygens (including phenoxy) is 1. The average molecular weight is 312 g/mol. The molecule has 0 radical (unpaired) electrons. The maximum Gasteiger partial charge on any atom is 0.337 e. The van der Waals surface area contributed by atoms with E-state index in [1.54, 1.807) is 0 Å². The van der Waals surface area contributed by atoms with Gasteiger partial charge in [-0.15, -0.1) is 0 Å². The van der Waals surface area contributed by atoms with Gasteiger partial charge in [-0.2, -0.15) is 0 Å². The number of hydrogen-bond acceptors (Lipinski definition) is 5. The SMILES string of the molecule is CCCC1CC1NS(=O)(=O)c1ccc(C(=O)OC)cc1N. The molecule has 0 heterocycles. The molecule has 2 unspecified atom stereocenters. The van der Waals surface area contributed by atoms with Crippen molar-refractivity contribution in [1.29, 1.82) is 0 Å². The predicted octanol–water partition coefficient (Wildman–Crippen LogP) is 1.52. The molecule has 1 aliphatic carbocycles. The van der Waals surface area contributed by atoms with Crippen molar-refractivity contribution in [3.05, 3.63) is 23.8 Å². The van der Waals surface area contributed by atoms with E-state index >= 15 is 0 Å². The van der Waals surface area contributed by atoms with Gasteiger partial charge in [0.1, 0.15) is 4.90 Å². The molecule has 0 saturated heterocycles. The number of hydrogen-bond donors (Lipinski definition) is 2. The summed E-state index contributed by atoms with van der Waals surface area (Å²) in [5.74, 6) is -0.135. The van der Waals surface area contributed by atoms with Crippen LogP contribution in [0.25, 0.3) is 0 Å². The van der Waals surface area contributed by atoms with Gasteiger partial charge in [-0.1, -0.05) is 13.3 Å². The maximum absolute atomic E-state index is 12.3. The van der Waals surface area contributed by atoms with Crippen LogP contribution in [-0.2, 0) is 14.8 Å². The molecule has 0 amide bonds. The number of carbonyl (C=O) groups is 1. The minimum atomic E-state index is -3.66. The molecule has 1 aromatic carbocycles. The Hall–Kier alpha value is -1.60. The summed E-state index contributed by atoms with van der Waals surface area (Å²) in [4.78, 5) is 11.4. The van der Waals surface area contributed by atoms with Crippen LogP contribution in [-0.4, -0.2) is 27.5 Å². The van der Waals surface area contributed by atoms with Crippen molar-refractivity contribution >= 4 is 21.7 Å². The van der Waals surface area contributed by atoms with Gasteiger partial charge in [-0.3, -0.25) is 0 Å². The Morgan fingerprint density at radius 3 is 2.76 bits per heavy atom. The van der Waals surface area contributed by atoms with E-state index in [2.05, 4.69) is 16.4 Å². The molecule has 3 N–H and O–H groups in total. The van der Waals surface area contributed by atoms with E-state index in [0.717, 1.165) is 19.3 Å². The van der Waals surface area contributed by atoms with Crippen LogP contribution < -0.4 is 10.5 Å². The molecule has 0 aromatic heterocycles. The van der Waals surface area contributed by atoms with E-state index in [1.165, 1.54) is 25.3 Å². The third-order valence-corrected chi connectivity index (χ3v) is 5.17. The van der Waals surface area contributed by atoms with E-state index < -0.39 is 16.0 Å². The van der Waals surface area contributed by atoms with Crippen LogP contribution in [0, 0.1) is 5.92 Å². The fraction of sp³-hybridized carbons (Fsp3) is 0.500. The smallest absolute Gasteiger partial charge is 0.337 e. The van der Waals surface area contributed by atoms with Crippen molar-refractivity contribution in [3.8, 4) is 0 Å². The highest BCUT2D eigenvalue weighted by Gasteiger charge is 2.39. The second kappa shape index (κ2) is 6.03. The summed E-state index contributed by atoms with van der Waals surface area (Å²) in [5.41, 5.74) is 6.03. The number of rotatable bonds is 6. The molecule has 116 valence electrons. The van der Waals surface area contributed by atoms with Gasteiger partial charge in [-0.05, 0) is 37.0 Å². The summed E-state index contributed by atoms with van der Waals surface area (Å²) in [5, 5.41) is 0. The maximum atomic E-state index is 12.3. The lowest BCUT2D eigenvalue weighted by Gasteiger charge is -2.10. The molecule has 2 rings (SSSR count). The Bertz CT molecular complexity index is 642. The molecular weight excluding hydrogens is 292 g/mol. The van der Waals surface area contributed by atoms with Gasteiger partial charge in [-0.25, -0.2) is 17.9 Å². The van der Waals surface area contributed by atoms with Crippen LogP contribution in [0.3, 0.4) is 0 Å². The van der Waals surface area contributed by atoms with Gasteiger partial charge in [0.2, 0.25) is 10.0 Å². The Labute approximate surface area is 124 Å². The lowest BCUT2D eigenvalue weighted by atomic mass is 10.2. The normalized spacial score (nSPS) is 21.0. The molecule has 0 aliphatic heterocycles. The molecular formula is C14H20N2O4S. The molecule has 1 saturated carbocycles. The zero-order valence-electron chi connectivity index (χ0n) is 12.1. The second-order valence-corrected chi connectivity index (χ2v) is 6.94. The summed E-state index contributed by atoms with van der Waals surface area (Å²) in [7, 11) is -2.40. The number of esters is 1. The molecule has 1 fully saturated rings. The van der Waals surface area contributed by atoms with Crippen molar-refractivity contribution in [2.24, 2.45) is 5.92 Å². The van der Waals surface area contributed by atoms with E-state index in [1.807, 2.05) is 0 Å². The first kappa shape index (κ1) is 15.8. The van der Waals surface area contributed by atoms with Crippen molar-refractivity contribution in [2.75, 3.05) is 12.8 Å². The number of benzene rings is 1. The minimum Gasteiger partial charge on any atom is -0.465 e. The second-order valence-electron chi connectivity index (χ2n) is 5.26. The van der Waals surface area contributed by atoms with E-state index in [0.29, 0.717) is 5.92 Å². The van der Waals surface area contributed by atoms with Crippen molar-refractivity contribution in [1.82, 2.24) is 4.72 Å². The Balaban J connectivity index is 2.15. The van der Waals surface area contributed by atoms with Crippen molar-refractivity contribution < 1.29 is 17.9 Å². The molecule has 1 aliphatic rings. The first-order valence-corrected chi connectivity index (χ1v) is 8.37. The molecule has 0 spiro atoms. The number of methoxy groups -OCH3 is 1. The zero-order chi connectivity index (χ0) is 15.6. The molecule has 0 bridgehead atoms. The highest BCUT2D eigenvalue weighted by atomic mass is 32.2. The number of sulfonamides is 1. The molecule has 21 heavy (non-hydrogen) atoms. The lowest BCUT2D eigenvalue weighted by Crippen LogP contribution is -2.28. The van der Waals surface area contributed by atoms with E-state index in [4.69, 9.17) is 5.73 Å². The summed E-state index contributed by atoms with van der Waals surface area (Å²) in [6, 6.07) is 4.04. The number of nitrogens with one attached hydrogen (secondary N) is 1. The Morgan fingerprint density at radius 2 is 2.19 bits per heavy atom. The van der Waals surface area contributed by atoms with Crippen LogP contribution in [0.15, 0.2) is 23.1 Å². The third-order valence-electron chi connectivity index (χ3n) is 3.61. The quantitative estimate of drug-likeness (QED) is 0.613. The molecule has 7 heteroatoms. The van der Waals surface area contributed by atoms with E-state index in [-0.39, 0.29) is 22.2 Å². The highest BCUT2D eigenvalue weighted by molar-refractivity contribution is 7.89. The zero-order valence-corrected chi connectivity index (χ0v) is 12.9. The Kier molecular flexibility index (Phi) is 4.53.